The largest absolute Gasteiger partial charge is 0.464 e. The Hall–Kier alpha value is -3.07. The summed E-state index contributed by atoms with van der Waals surface area (Å²) < 4.78 is 5.52. The number of benzene rings is 1. The Kier molecular flexibility index (Phi) is 6.64. The van der Waals surface area contributed by atoms with Crippen molar-refractivity contribution in [1.29, 1.82) is 0 Å². The monoisotopic (exact) mass is 454 g/mol. The van der Waals surface area contributed by atoms with Gasteiger partial charge in [-0.05, 0) is 56.2 Å². The Balaban J connectivity index is 1.28. The van der Waals surface area contributed by atoms with Gasteiger partial charge >= 0.3 is 0 Å². The molecule has 1 aromatic heterocycles. The molecule has 0 aliphatic carbocycles. The lowest BCUT2D eigenvalue weighted by molar-refractivity contribution is -0.121. The van der Waals surface area contributed by atoms with Crippen LogP contribution in [0.3, 0.4) is 0 Å². The second-order valence-corrected chi connectivity index (χ2v) is 9.21. The van der Waals surface area contributed by atoms with E-state index in [9.17, 15) is 14.4 Å². The van der Waals surface area contributed by atoms with E-state index in [1.165, 1.54) is 11.8 Å². The van der Waals surface area contributed by atoms with Gasteiger partial charge in [-0.2, -0.15) is 4.99 Å². The van der Waals surface area contributed by atoms with Gasteiger partial charge in [-0.1, -0.05) is 11.8 Å². The molecule has 0 spiro atoms. The van der Waals surface area contributed by atoms with Gasteiger partial charge in [-0.15, -0.1) is 0 Å². The van der Waals surface area contributed by atoms with Gasteiger partial charge in [0.1, 0.15) is 16.8 Å². The minimum absolute atomic E-state index is 0.0658. The van der Waals surface area contributed by atoms with E-state index >= 15 is 0 Å². The summed E-state index contributed by atoms with van der Waals surface area (Å²) in [6, 6.07) is 10.4. The molecule has 1 N–H and O–H groups in total. The van der Waals surface area contributed by atoms with Crippen molar-refractivity contribution < 1.29 is 18.8 Å². The lowest BCUT2D eigenvalue weighted by atomic mass is 10.1. The van der Waals surface area contributed by atoms with Crippen LogP contribution in [0.4, 0.5) is 5.69 Å². The van der Waals surface area contributed by atoms with Crippen LogP contribution in [-0.2, 0) is 16.1 Å². The third kappa shape index (κ3) is 5.21. The van der Waals surface area contributed by atoms with Crippen molar-refractivity contribution in [3.63, 3.8) is 0 Å². The number of hydrogen-bond acceptors (Lipinski definition) is 6. The summed E-state index contributed by atoms with van der Waals surface area (Å²) in [5, 5.41) is 3.06. The number of anilines is 1. The lowest BCUT2D eigenvalue weighted by Crippen LogP contribution is -2.26. The van der Waals surface area contributed by atoms with E-state index in [1.54, 1.807) is 36.2 Å². The number of hydrogen-bond donors (Lipinski definition) is 1. The maximum Gasteiger partial charge on any atom is 0.262 e. The molecule has 0 saturated carbocycles. The molecule has 2 aliphatic heterocycles. The van der Waals surface area contributed by atoms with E-state index in [0.29, 0.717) is 17.8 Å². The first-order valence-electron chi connectivity index (χ1n) is 10.6. The highest BCUT2D eigenvalue weighted by molar-refractivity contribution is 8.15. The first kappa shape index (κ1) is 22.1. The van der Waals surface area contributed by atoms with Gasteiger partial charge in [0.2, 0.25) is 5.91 Å². The molecule has 8 nitrogen and oxygen atoms in total. The standard InChI is InChI=1S/C23H26N4O4S/c1-15-5-10-18(31-15)14-26(2)22(30)16-6-8-17(9-7-16)24-20(28)13-19-21(29)25-23(32-19)27-11-3-4-12-27/h5-10,19H,3-4,11-14H2,1-2H3,(H,24,28)/t19-/m1/s1. The molecule has 0 radical (unpaired) electrons. The lowest BCUT2D eigenvalue weighted by Gasteiger charge is -2.16. The molecule has 1 atom stereocenters. The van der Waals surface area contributed by atoms with Crippen LogP contribution in [0.15, 0.2) is 45.8 Å². The second kappa shape index (κ2) is 9.60. The Labute approximate surface area is 191 Å². The molecule has 32 heavy (non-hydrogen) atoms. The van der Waals surface area contributed by atoms with Crippen LogP contribution < -0.4 is 5.32 Å². The third-order valence-corrected chi connectivity index (χ3v) is 6.64. The summed E-state index contributed by atoms with van der Waals surface area (Å²) in [6.45, 7) is 4.07. The number of amidine groups is 1. The van der Waals surface area contributed by atoms with Crippen LogP contribution in [0.5, 0.6) is 0 Å². The highest BCUT2D eigenvalue weighted by Crippen LogP contribution is 2.29. The number of aryl methyl sites for hydroxylation is 1. The van der Waals surface area contributed by atoms with Crippen molar-refractivity contribution in [1.82, 2.24) is 9.80 Å². The van der Waals surface area contributed by atoms with Crippen LogP contribution in [0.1, 0.15) is 41.1 Å². The highest BCUT2D eigenvalue weighted by atomic mass is 32.2. The summed E-state index contributed by atoms with van der Waals surface area (Å²) in [6.07, 6.45) is 2.28. The van der Waals surface area contributed by atoms with E-state index in [1.807, 2.05) is 19.1 Å². The molecule has 0 bridgehead atoms. The normalized spacial score (nSPS) is 18.1. The van der Waals surface area contributed by atoms with Gasteiger partial charge in [0.15, 0.2) is 5.17 Å². The Morgan fingerprint density at radius 3 is 2.56 bits per heavy atom. The topological polar surface area (TPSA) is 95.2 Å². The first-order chi connectivity index (χ1) is 15.4. The maximum absolute atomic E-state index is 12.6. The van der Waals surface area contributed by atoms with Gasteiger partial charge in [0, 0.05) is 37.8 Å². The van der Waals surface area contributed by atoms with Gasteiger partial charge in [-0.25, -0.2) is 0 Å². The van der Waals surface area contributed by atoms with Crippen LogP contribution >= 0.6 is 11.8 Å². The zero-order chi connectivity index (χ0) is 22.7. The molecule has 1 fully saturated rings. The van der Waals surface area contributed by atoms with E-state index in [0.717, 1.165) is 42.6 Å². The number of furan rings is 1. The number of aliphatic imine (C=N–C) groups is 1. The maximum atomic E-state index is 12.6. The van der Waals surface area contributed by atoms with Crippen LogP contribution in [0.2, 0.25) is 0 Å². The number of carbonyl (C=O) groups excluding carboxylic acids is 3. The summed E-state index contributed by atoms with van der Waals surface area (Å²) in [7, 11) is 1.71. The number of amides is 3. The van der Waals surface area contributed by atoms with Crippen molar-refractivity contribution in [2.75, 3.05) is 25.5 Å². The predicted octanol–water partition coefficient (Wildman–Crippen LogP) is 3.28. The fraction of sp³-hybridized carbons (Fsp3) is 0.391. The molecule has 1 aromatic carbocycles. The molecule has 1 saturated heterocycles. The number of rotatable bonds is 6. The van der Waals surface area contributed by atoms with Crippen molar-refractivity contribution in [2.24, 2.45) is 4.99 Å². The molecule has 9 heteroatoms. The molecule has 4 rings (SSSR count). The van der Waals surface area contributed by atoms with Gasteiger partial charge in [0.25, 0.3) is 11.8 Å². The fourth-order valence-corrected chi connectivity index (χ4v) is 4.84. The third-order valence-electron chi connectivity index (χ3n) is 5.43. The number of nitrogens with zero attached hydrogens (tertiary/aromatic N) is 3. The van der Waals surface area contributed by atoms with E-state index in [-0.39, 0.29) is 24.1 Å². The Morgan fingerprint density at radius 1 is 1.19 bits per heavy atom. The van der Waals surface area contributed by atoms with Gasteiger partial charge in [0.05, 0.1) is 6.54 Å². The summed E-state index contributed by atoms with van der Waals surface area (Å²) in [5.74, 6) is 0.883. The molecular weight excluding hydrogens is 428 g/mol. The Bertz CT molecular complexity index is 1040. The van der Waals surface area contributed by atoms with E-state index < -0.39 is 5.25 Å². The van der Waals surface area contributed by atoms with Crippen LogP contribution in [-0.4, -0.2) is 58.1 Å². The fourth-order valence-electron chi connectivity index (χ4n) is 3.73. The highest BCUT2D eigenvalue weighted by Gasteiger charge is 2.33. The molecule has 168 valence electrons. The zero-order valence-corrected chi connectivity index (χ0v) is 19.0. The van der Waals surface area contributed by atoms with Crippen LogP contribution in [0.25, 0.3) is 0 Å². The SMILES string of the molecule is Cc1ccc(CN(C)C(=O)c2ccc(NC(=O)C[C@H]3SC(N4CCCC4)=NC3=O)cc2)o1. The average Bonchev–Trinajstić information content (AvgIpc) is 3.51. The zero-order valence-electron chi connectivity index (χ0n) is 18.2. The number of thioether (sulfide) groups is 1. The molecular formula is C23H26N4O4S. The molecule has 3 heterocycles. The quantitative estimate of drug-likeness (QED) is 0.720. The second-order valence-electron chi connectivity index (χ2n) is 8.04. The number of carbonyl (C=O) groups is 3. The molecule has 2 aliphatic rings. The molecule has 2 aromatic rings. The van der Waals surface area contributed by atoms with Gasteiger partial charge < -0.3 is 19.5 Å². The van der Waals surface area contributed by atoms with Crippen LogP contribution in [0, 0.1) is 6.92 Å². The summed E-state index contributed by atoms with van der Waals surface area (Å²) >= 11 is 1.37. The summed E-state index contributed by atoms with van der Waals surface area (Å²) in [5.41, 5.74) is 1.09. The minimum Gasteiger partial charge on any atom is -0.464 e. The van der Waals surface area contributed by atoms with Crippen molar-refractivity contribution in [3.05, 3.63) is 53.5 Å². The number of likely N-dealkylation sites (tertiary alicyclic amines) is 1. The van der Waals surface area contributed by atoms with Crippen molar-refractivity contribution in [2.45, 2.75) is 38.0 Å². The number of nitrogens with one attached hydrogen (secondary N) is 1. The molecule has 3 amide bonds. The predicted molar refractivity (Wildman–Crippen MR) is 124 cm³/mol. The summed E-state index contributed by atoms with van der Waals surface area (Å²) in [4.78, 5) is 45.1. The smallest absolute Gasteiger partial charge is 0.262 e. The van der Waals surface area contributed by atoms with Crippen molar-refractivity contribution in [3.8, 4) is 0 Å². The minimum atomic E-state index is -0.481. The van der Waals surface area contributed by atoms with E-state index in [4.69, 9.17) is 4.42 Å². The molecule has 0 unspecified atom stereocenters. The Morgan fingerprint density at radius 2 is 1.91 bits per heavy atom. The van der Waals surface area contributed by atoms with E-state index in [2.05, 4.69) is 15.2 Å². The van der Waals surface area contributed by atoms with Gasteiger partial charge in [-0.3, -0.25) is 14.4 Å². The van der Waals surface area contributed by atoms with Crippen molar-refractivity contribution >= 4 is 40.3 Å². The average molecular weight is 455 g/mol. The first-order valence-corrected chi connectivity index (χ1v) is 11.5.